The number of hydrogen-bond acceptors (Lipinski definition) is 5. The molecule has 1 atom stereocenters. The van der Waals surface area contributed by atoms with E-state index in [-0.39, 0.29) is 18.0 Å². The molecule has 3 fully saturated rings. The lowest BCUT2D eigenvalue weighted by molar-refractivity contribution is -0.126. The number of morpholine rings is 1. The van der Waals surface area contributed by atoms with Gasteiger partial charge in [0.2, 0.25) is 5.91 Å². The van der Waals surface area contributed by atoms with E-state index in [1.807, 2.05) is 34.7 Å². The first-order valence-electron chi connectivity index (χ1n) is 10.2. The van der Waals surface area contributed by atoms with Gasteiger partial charge in [0, 0.05) is 58.9 Å². The Morgan fingerprint density at radius 2 is 1.75 bits per heavy atom. The molecule has 0 saturated carbocycles. The molecule has 4 rings (SSSR count). The lowest BCUT2D eigenvalue weighted by Gasteiger charge is -2.43. The number of anilines is 1. The smallest absolute Gasteiger partial charge is 0.320 e. The number of piperazine rings is 1. The zero-order valence-corrected chi connectivity index (χ0v) is 16.8. The van der Waals surface area contributed by atoms with Crippen molar-refractivity contribution in [2.24, 2.45) is 7.05 Å². The van der Waals surface area contributed by atoms with Gasteiger partial charge in [-0.15, -0.1) is 0 Å². The molecule has 1 aromatic heterocycles. The van der Waals surface area contributed by atoms with Crippen molar-refractivity contribution in [2.45, 2.75) is 25.8 Å². The maximum atomic E-state index is 13.2. The molecule has 28 heavy (non-hydrogen) atoms. The van der Waals surface area contributed by atoms with Crippen LogP contribution in [-0.2, 0) is 16.6 Å². The third kappa shape index (κ3) is 3.73. The molecular formula is C19H30N6O3. The molecular weight excluding hydrogens is 360 g/mol. The highest BCUT2D eigenvalue weighted by Crippen LogP contribution is 2.25. The average Bonchev–Trinajstić information content (AvgIpc) is 3.06. The Morgan fingerprint density at radius 1 is 1.07 bits per heavy atom. The summed E-state index contributed by atoms with van der Waals surface area (Å²) in [6.07, 6.45) is 1.86. The van der Waals surface area contributed by atoms with Crippen molar-refractivity contribution >= 4 is 17.8 Å². The van der Waals surface area contributed by atoms with Gasteiger partial charge in [0.1, 0.15) is 5.82 Å². The predicted molar refractivity (Wildman–Crippen MR) is 104 cm³/mol. The standard InChI is InChI=1S/C19H30N6O3/c1-15-14-17(21(2)20-15)25-5-3-4-16(18(25)26)22-6-8-23(9-7-22)19(27)24-10-12-28-13-11-24/h14,16H,3-13H2,1-2H3/t16-/m0/s1. The van der Waals surface area contributed by atoms with Crippen LogP contribution in [0.2, 0.25) is 0 Å². The largest absolute Gasteiger partial charge is 0.378 e. The van der Waals surface area contributed by atoms with Gasteiger partial charge in [0.25, 0.3) is 0 Å². The number of aryl methyl sites for hydroxylation is 2. The van der Waals surface area contributed by atoms with Crippen molar-refractivity contribution in [1.29, 1.82) is 0 Å². The molecule has 3 aliphatic heterocycles. The molecule has 3 saturated heterocycles. The first-order valence-corrected chi connectivity index (χ1v) is 10.2. The molecule has 0 spiro atoms. The van der Waals surface area contributed by atoms with Crippen LogP contribution < -0.4 is 4.90 Å². The van der Waals surface area contributed by atoms with Crippen LogP contribution in [-0.4, -0.2) is 101 Å². The highest BCUT2D eigenvalue weighted by Gasteiger charge is 2.37. The van der Waals surface area contributed by atoms with Crippen molar-refractivity contribution in [3.05, 3.63) is 11.8 Å². The summed E-state index contributed by atoms with van der Waals surface area (Å²) in [6, 6.07) is 1.97. The van der Waals surface area contributed by atoms with Crippen LogP contribution in [0.3, 0.4) is 0 Å². The van der Waals surface area contributed by atoms with Crippen molar-refractivity contribution in [3.63, 3.8) is 0 Å². The normalized spacial score (nSPS) is 24.7. The summed E-state index contributed by atoms with van der Waals surface area (Å²) in [5, 5.41) is 4.38. The summed E-state index contributed by atoms with van der Waals surface area (Å²) in [5.41, 5.74) is 0.919. The van der Waals surface area contributed by atoms with E-state index in [1.165, 1.54) is 0 Å². The van der Waals surface area contributed by atoms with Gasteiger partial charge in [-0.2, -0.15) is 5.10 Å². The van der Waals surface area contributed by atoms with Gasteiger partial charge in [-0.25, -0.2) is 4.79 Å². The number of hydrogen-bond donors (Lipinski definition) is 0. The van der Waals surface area contributed by atoms with E-state index in [0.29, 0.717) is 39.4 Å². The minimum absolute atomic E-state index is 0.102. The number of aromatic nitrogens is 2. The van der Waals surface area contributed by atoms with Crippen LogP contribution in [0.1, 0.15) is 18.5 Å². The maximum absolute atomic E-state index is 13.2. The monoisotopic (exact) mass is 390 g/mol. The molecule has 9 nitrogen and oxygen atoms in total. The Labute approximate surface area is 165 Å². The van der Waals surface area contributed by atoms with Crippen LogP contribution in [0.15, 0.2) is 6.07 Å². The molecule has 3 aliphatic rings. The van der Waals surface area contributed by atoms with Crippen LogP contribution in [0.4, 0.5) is 10.6 Å². The molecule has 1 aromatic rings. The fraction of sp³-hybridized carbons (Fsp3) is 0.737. The Kier molecular flexibility index (Phi) is 5.54. The highest BCUT2D eigenvalue weighted by atomic mass is 16.5. The van der Waals surface area contributed by atoms with Crippen LogP contribution in [0.25, 0.3) is 0 Å². The van der Waals surface area contributed by atoms with E-state index in [0.717, 1.165) is 44.0 Å². The third-order valence-electron chi connectivity index (χ3n) is 5.97. The molecule has 0 N–H and O–H groups in total. The Balaban J connectivity index is 1.36. The first-order chi connectivity index (χ1) is 13.5. The number of urea groups is 1. The number of carbonyl (C=O) groups excluding carboxylic acids is 2. The lowest BCUT2D eigenvalue weighted by Crippen LogP contribution is -2.60. The molecule has 3 amide bonds. The van der Waals surface area contributed by atoms with Gasteiger partial charge in [-0.1, -0.05) is 0 Å². The molecule has 0 radical (unpaired) electrons. The quantitative estimate of drug-likeness (QED) is 0.726. The summed E-state index contributed by atoms with van der Waals surface area (Å²) in [6.45, 7) is 8.07. The summed E-state index contributed by atoms with van der Waals surface area (Å²) in [5.74, 6) is 1.02. The van der Waals surface area contributed by atoms with E-state index in [9.17, 15) is 9.59 Å². The second kappa shape index (κ2) is 8.08. The van der Waals surface area contributed by atoms with Crippen molar-refractivity contribution < 1.29 is 14.3 Å². The molecule has 0 unspecified atom stereocenters. The number of carbonyl (C=O) groups is 2. The number of amides is 3. The second-order valence-electron chi connectivity index (χ2n) is 7.82. The Bertz CT molecular complexity index is 721. The van der Waals surface area contributed by atoms with Gasteiger partial charge in [-0.3, -0.25) is 19.3 Å². The van der Waals surface area contributed by atoms with Crippen LogP contribution in [0.5, 0.6) is 0 Å². The van der Waals surface area contributed by atoms with Gasteiger partial charge in [-0.05, 0) is 19.8 Å². The van der Waals surface area contributed by atoms with Gasteiger partial charge >= 0.3 is 6.03 Å². The first kappa shape index (κ1) is 19.2. The highest BCUT2D eigenvalue weighted by molar-refractivity contribution is 5.97. The van der Waals surface area contributed by atoms with Crippen molar-refractivity contribution in [2.75, 3.05) is 63.9 Å². The van der Waals surface area contributed by atoms with E-state index in [4.69, 9.17) is 4.74 Å². The molecule has 9 heteroatoms. The van der Waals surface area contributed by atoms with Crippen LogP contribution >= 0.6 is 0 Å². The summed E-state index contributed by atoms with van der Waals surface area (Å²) < 4.78 is 7.12. The van der Waals surface area contributed by atoms with Gasteiger partial charge < -0.3 is 14.5 Å². The number of nitrogens with zero attached hydrogens (tertiary/aromatic N) is 6. The number of piperidine rings is 1. The topological polar surface area (TPSA) is 74.2 Å². The summed E-state index contributed by atoms with van der Waals surface area (Å²) in [7, 11) is 1.88. The summed E-state index contributed by atoms with van der Waals surface area (Å²) >= 11 is 0. The minimum atomic E-state index is -0.107. The van der Waals surface area contributed by atoms with E-state index in [2.05, 4.69) is 10.00 Å². The zero-order valence-electron chi connectivity index (χ0n) is 16.8. The molecule has 154 valence electrons. The minimum Gasteiger partial charge on any atom is -0.378 e. The molecule has 0 bridgehead atoms. The molecule has 0 aliphatic carbocycles. The lowest BCUT2D eigenvalue weighted by atomic mass is 10.0. The SMILES string of the molecule is Cc1cc(N2CCC[C@H](N3CCN(C(=O)N4CCOCC4)CC3)C2=O)n(C)n1. The molecule has 0 aromatic carbocycles. The van der Waals surface area contributed by atoms with Gasteiger partial charge in [0.05, 0.1) is 24.9 Å². The van der Waals surface area contributed by atoms with Crippen LogP contribution in [0, 0.1) is 6.92 Å². The average molecular weight is 390 g/mol. The number of ether oxygens (including phenoxy) is 1. The Hall–Kier alpha value is -2.13. The number of rotatable bonds is 2. The van der Waals surface area contributed by atoms with E-state index < -0.39 is 0 Å². The van der Waals surface area contributed by atoms with E-state index in [1.54, 1.807) is 4.68 Å². The van der Waals surface area contributed by atoms with Crippen molar-refractivity contribution in [3.8, 4) is 0 Å². The predicted octanol–water partition coefficient (Wildman–Crippen LogP) is 0.294. The fourth-order valence-electron chi connectivity index (χ4n) is 4.45. The van der Waals surface area contributed by atoms with E-state index >= 15 is 0 Å². The second-order valence-corrected chi connectivity index (χ2v) is 7.82. The third-order valence-corrected chi connectivity index (χ3v) is 5.97. The Morgan fingerprint density at radius 3 is 2.39 bits per heavy atom. The van der Waals surface area contributed by atoms with Gasteiger partial charge in [0.15, 0.2) is 0 Å². The van der Waals surface area contributed by atoms with Crippen molar-refractivity contribution in [1.82, 2.24) is 24.5 Å². The summed E-state index contributed by atoms with van der Waals surface area (Å²) in [4.78, 5) is 33.8. The fourth-order valence-corrected chi connectivity index (χ4v) is 4.45. The zero-order chi connectivity index (χ0) is 19.7. The molecule has 4 heterocycles. The maximum Gasteiger partial charge on any atom is 0.320 e.